The van der Waals surface area contributed by atoms with Gasteiger partial charge in [0.15, 0.2) is 0 Å². The van der Waals surface area contributed by atoms with E-state index in [2.05, 4.69) is 29.4 Å². The molecule has 0 radical (unpaired) electrons. The lowest BCUT2D eigenvalue weighted by molar-refractivity contribution is -0.0447. The van der Waals surface area contributed by atoms with Crippen molar-refractivity contribution in [2.75, 3.05) is 5.32 Å². The lowest BCUT2D eigenvalue weighted by atomic mass is 9.69. The average Bonchev–Trinajstić information content (AvgIpc) is 2.53. The number of aromatic nitrogens is 2. The Bertz CT molecular complexity index is 745. The molecule has 6 nitrogen and oxygen atoms in total. The third-order valence-electron chi connectivity index (χ3n) is 4.28. The van der Waals surface area contributed by atoms with E-state index in [0.29, 0.717) is 11.4 Å². The van der Waals surface area contributed by atoms with E-state index in [4.69, 9.17) is 4.74 Å². The average molecular weight is 313 g/mol. The molecule has 23 heavy (non-hydrogen) atoms. The Hall–Kier alpha value is -2.63. The minimum atomic E-state index is -0.433. The van der Waals surface area contributed by atoms with Crippen molar-refractivity contribution in [2.24, 2.45) is 5.41 Å². The normalized spacial score (nSPS) is 18.8. The largest absolute Gasteiger partial charge is 0.445 e. The molecule has 1 atom stereocenters. The molecule has 120 valence electrons. The van der Waals surface area contributed by atoms with Crippen LogP contribution in [0.1, 0.15) is 26.7 Å². The van der Waals surface area contributed by atoms with E-state index in [0.717, 1.165) is 18.4 Å². The van der Waals surface area contributed by atoms with Gasteiger partial charge in [-0.2, -0.15) is 5.10 Å². The number of hydrogen-bond donors (Lipinski definition) is 2. The number of anilines is 1. The fourth-order valence-electron chi connectivity index (χ4n) is 2.56. The summed E-state index contributed by atoms with van der Waals surface area (Å²) in [6, 6.07) is 10.3. The van der Waals surface area contributed by atoms with Crippen LogP contribution in [0.2, 0.25) is 0 Å². The Morgan fingerprint density at radius 2 is 2.00 bits per heavy atom. The van der Waals surface area contributed by atoms with Crippen LogP contribution in [-0.2, 0) is 4.74 Å². The van der Waals surface area contributed by atoms with Gasteiger partial charge in [0.05, 0.1) is 5.69 Å². The van der Waals surface area contributed by atoms with Crippen molar-refractivity contribution in [3.63, 3.8) is 0 Å². The molecular weight excluding hydrogens is 294 g/mol. The number of nitrogens with one attached hydrogen (secondary N) is 2. The number of rotatable bonds is 3. The third kappa shape index (κ3) is 3.41. The standard InChI is InChI=1S/C17H19N3O3/c1-17(2)10-9-14(17)23-16(22)18-12-5-3-11(4-6-12)13-7-8-15(21)20-19-13/h3-8,14H,9-10H2,1-2H3,(H,18,22)(H,20,21). The van der Waals surface area contributed by atoms with Gasteiger partial charge in [0, 0.05) is 22.7 Å². The van der Waals surface area contributed by atoms with Crippen LogP contribution in [0.5, 0.6) is 0 Å². The van der Waals surface area contributed by atoms with E-state index in [-0.39, 0.29) is 17.1 Å². The van der Waals surface area contributed by atoms with Crippen molar-refractivity contribution in [2.45, 2.75) is 32.8 Å². The summed E-state index contributed by atoms with van der Waals surface area (Å²) in [5.74, 6) is 0. The van der Waals surface area contributed by atoms with E-state index in [1.165, 1.54) is 6.07 Å². The molecular formula is C17H19N3O3. The van der Waals surface area contributed by atoms with Gasteiger partial charge in [-0.25, -0.2) is 9.89 Å². The molecule has 6 heteroatoms. The number of hydrogen-bond acceptors (Lipinski definition) is 4. The second-order valence-electron chi connectivity index (χ2n) is 6.43. The highest BCUT2D eigenvalue weighted by atomic mass is 16.6. The van der Waals surface area contributed by atoms with Gasteiger partial charge in [-0.3, -0.25) is 10.1 Å². The zero-order chi connectivity index (χ0) is 16.4. The molecule has 0 bridgehead atoms. The Labute approximate surface area is 133 Å². The fraction of sp³-hybridized carbons (Fsp3) is 0.353. The number of ether oxygens (including phenoxy) is 1. The van der Waals surface area contributed by atoms with Crippen LogP contribution in [-0.4, -0.2) is 22.4 Å². The van der Waals surface area contributed by atoms with E-state index in [1.807, 2.05) is 12.1 Å². The van der Waals surface area contributed by atoms with Crippen molar-refractivity contribution in [1.82, 2.24) is 10.2 Å². The lowest BCUT2D eigenvalue weighted by Crippen LogP contribution is -2.43. The van der Waals surface area contributed by atoms with Crippen LogP contribution >= 0.6 is 0 Å². The number of amides is 1. The Morgan fingerprint density at radius 1 is 1.26 bits per heavy atom. The summed E-state index contributed by atoms with van der Waals surface area (Å²) in [5.41, 5.74) is 1.99. The third-order valence-corrected chi connectivity index (χ3v) is 4.28. The Morgan fingerprint density at radius 3 is 2.52 bits per heavy atom. The molecule has 1 saturated carbocycles. The molecule has 2 aromatic rings. The first-order valence-corrected chi connectivity index (χ1v) is 7.58. The number of carbonyl (C=O) groups excluding carboxylic acids is 1. The van der Waals surface area contributed by atoms with Gasteiger partial charge in [0.25, 0.3) is 5.56 Å². The summed E-state index contributed by atoms with van der Waals surface area (Å²) in [6.45, 7) is 4.20. The summed E-state index contributed by atoms with van der Waals surface area (Å²) in [7, 11) is 0. The summed E-state index contributed by atoms with van der Waals surface area (Å²) in [4.78, 5) is 22.9. The molecule has 1 aliphatic carbocycles. The van der Waals surface area contributed by atoms with E-state index in [9.17, 15) is 9.59 Å². The van der Waals surface area contributed by atoms with Gasteiger partial charge in [-0.15, -0.1) is 0 Å². The highest BCUT2D eigenvalue weighted by Gasteiger charge is 2.41. The van der Waals surface area contributed by atoms with Gasteiger partial charge >= 0.3 is 6.09 Å². The maximum atomic E-state index is 11.9. The molecule has 1 amide bonds. The molecule has 0 spiro atoms. The van der Waals surface area contributed by atoms with Crippen molar-refractivity contribution in [3.05, 3.63) is 46.8 Å². The lowest BCUT2D eigenvalue weighted by Gasteiger charge is -2.43. The highest BCUT2D eigenvalue weighted by molar-refractivity contribution is 5.85. The zero-order valence-corrected chi connectivity index (χ0v) is 13.1. The summed E-state index contributed by atoms with van der Waals surface area (Å²) < 4.78 is 5.43. The fourth-order valence-corrected chi connectivity index (χ4v) is 2.56. The highest BCUT2D eigenvalue weighted by Crippen LogP contribution is 2.42. The molecule has 1 fully saturated rings. The first kappa shape index (κ1) is 15.3. The molecule has 0 saturated heterocycles. The van der Waals surface area contributed by atoms with Crippen LogP contribution in [0.15, 0.2) is 41.2 Å². The number of aromatic amines is 1. The van der Waals surface area contributed by atoms with Gasteiger partial charge in [0.1, 0.15) is 6.10 Å². The van der Waals surface area contributed by atoms with Crippen LogP contribution < -0.4 is 10.9 Å². The molecule has 1 aromatic carbocycles. The van der Waals surface area contributed by atoms with Crippen molar-refractivity contribution in [1.29, 1.82) is 0 Å². The van der Waals surface area contributed by atoms with E-state index >= 15 is 0 Å². The number of H-pyrrole nitrogens is 1. The summed E-state index contributed by atoms with van der Waals surface area (Å²) >= 11 is 0. The summed E-state index contributed by atoms with van der Waals surface area (Å²) in [6.07, 6.45) is 1.54. The number of carbonyl (C=O) groups is 1. The first-order chi connectivity index (χ1) is 10.9. The van der Waals surface area contributed by atoms with E-state index in [1.54, 1.807) is 18.2 Å². The van der Waals surface area contributed by atoms with Crippen LogP contribution in [0, 0.1) is 5.41 Å². The SMILES string of the molecule is CC1(C)CCC1OC(=O)Nc1ccc(-c2ccc(=O)[nH]n2)cc1. The van der Waals surface area contributed by atoms with Gasteiger partial charge in [-0.05, 0) is 31.0 Å². The smallest absolute Gasteiger partial charge is 0.411 e. The number of benzene rings is 1. The van der Waals surface area contributed by atoms with Crippen molar-refractivity contribution >= 4 is 11.8 Å². The molecule has 1 aromatic heterocycles. The second-order valence-corrected chi connectivity index (χ2v) is 6.43. The van der Waals surface area contributed by atoms with Gasteiger partial charge < -0.3 is 4.74 Å². The molecule has 1 aliphatic rings. The monoisotopic (exact) mass is 313 g/mol. The molecule has 1 heterocycles. The predicted octanol–water partition coefficient (Wildman–Crippen LogP) is 3.17. The molecule has 3 rings (SSSR count). The van der Waals surface area contributed by atoms with Crippen LogP contribution in [0.25, 0.3) is 11.3 Å². The topological polar surface area (TPSA) is 84.1 Å². The number of nitrogens with zero attached hydrogens (tertiary/aromatic N) is 1. The second kappa shape index (κ2) is 5.87. The zero-order valence-electron chi connectivity index (χ0n) is 13.1. The van der Waals surface area contributed by atoms with Crippen molar-refractivity contribution < 1.29 is 9.53 Å². The first-order valence-electron chi connectivity index (χ1n) is 7.58. The minimum absolute atomic E-state index is 0.0212. The maximum Gasteiger partial charge on any atom is 0.411 e. The van der Waals surface area contributed by atoms with Gasteiger partial charge in [0.2, 0.25) is 0 Å². The molecule has 2 N–H and O–H groups in total. The van der Waals surface area contributed by atoms with E-state index < -0.39 is 6.09 Å². The van der Waals surface area contributed by atoms with Crippen molar-refractivity contribution in [3.8, 4) is 11.3 Å². The maximum absolute atomic E-state index is 11.9. The molecule has 1 unspecified atom stereocenters. The van der Waals surface area contributed by atoms with Crippen LogP contribution in [0.4, 0.5) is 10.5 Å². The van der Waals surface area contributed by atoms with Gasteiger partial charge in [-0.1, -0.05) is 26.0 Å². The Balaban J connectivity index is 1.62. The predicted molar refractivity (Wildman–Crippen MR) is 87.2 cm³/mol. The molecule has 0 aliphatic heterocycles. The minimum Gasteiger partial charge on any atom is -0.445 e. The quantitative estimate of drug-likeness (QED) is 0.911. The Kier molecular flexibility index (Phi) is 3.90. The summed E-state index contributed by atoms with van der Waals surface area (Å²) in [5, 5.41) is 9.08. The van der Waals surface area contributed by atoms with Crippen LogP contribution in [0.3, 0.4) is 0 Å².